The van der Waals surface area contributed by atoms with Crippen LogP contribution in [0.2, 0.25) is 0 Å². The fourth-order valence-corrected chi connectivity index (χ4v) is 8.78. The van der Waals surface area contributed by atoms with Gasteiger partial charge in [0.2, 0.25) is 5.91 Å². The van der Waals surface area contributed by atoms with E-state index >= 15 is 0 Å². The molecule has 3 aromatic rings. The van der Waals surface area contributed by atoms with Crippen molar-refractivity contribution in [3.05, 3.63) is 75.7 Å². The van der Waals surface area contributed by atoms with Crippen molar-refractivity contribution in [3.63, 3.8) is 0 Å². The van der Waals surface area contributed by atoms with E-state index in [1.165, 1.54) is 60.3 Å². The van der Waals surface area contributed by atoms with E-state index in [9.17, 15) is 19.5 Å². The number of rotatable bonds is 12. The van der Waals surface area contributed by atoms with Crippen LogP contribution in [0.25, 0.3) is 17.0 Å². The molecule has 3 aliphatic rings. The summed E-state index contributed by atoms with van der Waals surface area (Å²) in [4.78, 5) is 52.7. The van der Waals surface area contributed by atoms with Crippen LogP contribution in [0.1, 0.15) is 105 Å². The molecule has 6 rings (SSSR count). The molecule has 1 aliphatic heterocycles. The lowest BCUT2D eigenvalue weighted by Crippen LogP contribution is -2.59. The van der Waals surface area contributed by atoms with E-state index in [0.29, 0.717) is 10.7 Å². The number of benzene rings is 1. The lowest BCUT2D eigenvalue weighted by Gasteiger charge is -2.38. The van der Waals surface area contributed by atoms with Gasteiger partial charge in [0, 0.05) is 54.5 Å². The number of allylic oxidation sites excluding steroid dienone is 2. The molecule has 0 radical (unpaired) electrons. The molecule has 10 nitrogen and oxygen atoms in total. The van der Waals surface area contributed by atoms with E-state index in [2.05, 4.69) is 39.1 Å². The molecular formula is C44H61N5O5S. The number of thiophene rings is 1. The largest absolute Gasteiger partial charge is 0.481 e. The number of carboxylic acid groups (broad SMARTS) is 1. The lowest BCUT2D eigenvalue weighted by molar-refractivity contribution is -0.153. The highest BCUT2D eigenvalue weighted by molar-refractivity contribution is 7.14. The summed E-state index contributed by atoms with van der Waals surface area (Å²) >= 11 is 1.42. The molecule has 1 saturated heterocycles. The predicted molar refractivity (Wildman–Crippen MR) is 220 cm³/mol. The Morgan fingerprint density at radius 2 is 1.62 bits per heavy atom. The van der Waals surface area contributed by atoms with Crippen molar-refractivity contribution in [1.82, 2.24) is 25.1 Å². The molecule has 2 fully saturated rings. The van der Waals surface area contributed by atoms with Crippen LogP contribution >= 0.6 is 11.3 Å². The van der Waals surface area contributed by atoms with Crippen molar-refractivity contribution in [2.24, 2.45) is 23.7 Å². The first-order valence-electron chi connectivity index (χ1n) is 20.0. The number of likely N-dealkylation sites (N-methyl/N-ethyl adjacent to an activating group) is 1. The third kappa shape index (κ3) is 11.6. The van der Waals surface area contributed by atoms with E-state index in [1.807, 2.05) is 61.7 Å². The highest BCUT2D eigenvalue weighted by atomic mass is 32.1. The van der Waals surface area contributed by atoms with Crippen molar-refractivity contribution >= 4 is 34.7 Å². The fraction of sp³-hybridized carbons (Fsp3) is 0.568. The molecule has 0 spiro atoms. The standard InChI is InChI=1S/C40H50N4O4S.C4H11NO/c1-5-25-6-10-27(11-7-25)28-14-16-29(17-15-28)31-21-41-36(42-22-31)30-12-8-26(9-13-30)20-33(38(46)44-23-32(24-44)39(47)48)43-37(45)34-18-19-35(49-34)40(2,3)4;1-5(2)3-4-6/h8-9,12-13,16,18-19,21-22,25,27-28,32-33H,5-7,10-11,14-15,17,20,23-24H2,1-4H3,(H,43,45)(H,47,48);6H,3-4H2,1-2H3. The van der Waals surface area contributed by atoms with Crippen LogP contribution in [0.15, 0.2) is 54.9 Å². The first-order chi connectivity index (χ1) is 26.2. The molecule has 3 heterocycles. The number of aromatic nitrogens is 2. The molecule has 2 aromatic heterocycles. The SMILES string of the molecule is CCC1CCC(C2CC=C(c3cnc(-c4ccc(CC(NC(=O)c5ccc(C(C)(C)C)s5)C(=O)N5CC(C(=O)O)C5)cc4)nc3)CC2)CC1.CN(C)CCO. The molecule has 2 unspecified atom stereocenters. The molecule has 0 bridgehead atoms. The number of carbonyl (C=O) groups excluding carboxylic acids is 2. The second-order valence-electron chi connectivity index (χ2n) is 16.9. The van der Waals surface area contributed by atoms with Crippen LogP contribution in [-0.4, -0.2) is 94.1 Å². The van der Waals surface area contributed by atoms with Gasteiger partial charge in [-0.05, 0) is 92.6 Å². The number of aliphatic hydroxyl groups is 1. The lowest BCUT2D eigenvalue weighted by atomic mass is 9.71. The topological polar surface area (TPSA) is 136 Å². The van der Waals surface area contributed by atoms with Gasteiger partial charge < -0.3 is 25.3 Å². The highest BCUT2D eigenvalue weighted by Gasteiger charge is 2.39. The van der Waals surface area contributed by atoms with Crippen LogP contribution in [0.3, 0.4) is 0 Å². The maximum atomic E-state index is 13.5. The Hall–Kier alpha value is -3.93. The first-order valence-corrected chi connectivity index (χ1v) is 20.9. The Morgan fingerprint density at radius 3 is 2.13 bits per heavy atom. The van der Waals surface area contributed by atoms with E-state index < -0.39 is 17.9 Å². The summed E-state index contributed by atoms with van der Waals surface area (Å²) in [5.41, 5.74) is 4.12. The monoisotopic (exact) mass is 771 g/mol. The Labute approximate surface area is 331 Å². The molecule has 1 aromatic carbocycles. The van der Waals surface area contributed by atoms with Gasteiger partial charge in [-0.2, -0.15) is 0 Å². The van der Waals surface area contributed by atoms with E-state index in [4.69, 9.17) is 15.1 Å². The van der Waals surface area contributed by atoms with E-state index in [0.717, 1.165) is 58.7 Å². The Bertz CT molecular complexity index is 1750. The minimum absolute atomic E-state index is 0.0859. The van der Waals surface area contributed by atoms with Crippen molar-refractivity contribution in [2.45, 2.75) is 96.9 Å². The summed E-state index contributed by atoms with van der Waals surface area (Å²) in [5.74, 6) is 1.23. The number of aliphatic carboxylic acids is 1. The molecule has 298 valence electrons. The Balaban J connectivity index is 0.000000895. The third-order valence-electron chi connectivity index (χ3n) is 11.5. The quantitative estimate of drug-likeness (QED) is 0.174. The zero-order valence-electron chi connectivity index (χ0n) is 33.6. The van der Waals surface area contributed by atoms with Gasteiger partial charge in [0.1, 0.15) is 6.04 Å². The number of nitrogens with one attached hydrogen (secondary N) is 1. The fourth-order valence-electron chi connectivity index (χ4n) is 7.81. The van der Waals surface area contributed by atoms with Gasteiger partial charge in [-0.15, -0.1) is 11.3 Å². The zero-order chi connectivity index (χ0) is 39.7. The summed E-state index contributed by atoms with van der Waals surface area (Å²) in [7, 11) is 3.85. The van der Waals surface area contributed by atoms with Crippen LogP contribution in [0, 0.1) is 23.7 Å². The summed E-state index contributed by atoms with van der Waals surface area (Å²) in [6, 6.07) is 10.7. The van der Waals surface area contributed by atoms with Gasteiger partial charge in [0.25, 0.3) is 5.91 Å². The number of likely N-dealkylation sites (tertiary alicyclic amines) is 1. The third-order valence-corrected chi connectivity index (χ3v) is 13.0. The number of aliphatic hydroxyl groups excluding tert-OH is 1. The van der Waals surface area contributed by atoms with Gasteiger partial charge in [-0.3, -0.25) is 14.4 Å². The molecule has 3 N–H and O–H groups in total. The molecule has 11 heteroatoms. The molecule has 2 amide bonds. The molecule has 1 saturated carbocycles. The molecule has 55 heavy (non-hydrogen) atoms. The highest BCUT2D eigenvalue weighted by Crippen LogP contribution is 2.41. The van der Waals surface area contributed by atoms with Crippen molar-refractivity contribution in [1.29, 1.82) is 0 Å². The minimum Gasteiger partial charge on any atom is -0.481 e. The van der Waals surface area contributed by atoms with Crippen molar-refractivity contribution in [3.8, 4) is 11.4 Å². The average molecular weight is 772 g/mol. The summed E-state index contributed by atoms with van der Waals surface area (Å²) in [6.45, 7) is 9.94. The average Bonchev–Trinajstić information content (AvgIpc) is 3.67. The van der Waals surface area contributed by atoms with Crippen LogP contribution in [0.5, 0.6) is 0 Å². The van der Waals surface area contributed by atoms with Crippen LogP contribution in [-0.2, 0) is 21.4 Å². The molecular weight excluding hydrogens is 711 g/mol. The number of carbonyl (C=O) groups is 3. The number of amides is 2. The van der Waals surface area contributed by atoms with Crippen molar-refractivity contribution < 1.29 is 24.6 Å². The van der Waals surface area contributed by atoms with Gasteiger partial charge in [0.05, 0.1) is 17.4 Å². The number of hydrogen-bond acceptors (Lipinski definition) is 8. The number of nitrogens with zero attached hydrogens (tertiary/aromatic N) is 4. The van der Waals surface area contributed by atoms with Gasteiger partial charge in [-0.25, -0.2) is 9.97 Å². The number of hydrogen-bond donors (Lipinski definition) is 3. The summed E-state index contributed by atoms with van der Waals surface area (Å²) in [5, 5.41) is 20.5. The Kier molecular flexibility index (Phi) is 14.8. The second kappa shape index (κ2) is 19.3. The zero-order valence-corrected chi connectivity index (χ0v) is 34.4. The summed E-state index contributed by atoms with van der Waals surface area (Å²) in [6.07, 6.45) is 17.0. The van der Waals surface area contributed by atoms with E-state index in [1.54, 1.807) is 6.07 Å². The maximum Gasteiger partial charge on any atom is 0.310 e. The smallest absolute Gasteiger partial charge is 0.310 e. The Morgan fingerprint density at radius 1 is 0.945 bits per heavy atom. The van der Waals surface area contributed by atoms with Gasteiger partial charge >= 0.3 is 5.97 Å². The van der Waals surface area contributed by atoms with Gasteiger partial charge in [-0.1, -0.05) is 77.3 Å². The number of carboxylic acids is 1. The summed E-state index contributed by atoms with van der Waals surface area (Å²) < 4.78 is 0. The second-order valence-corrected chi connectivity index (χ2v) is 18.0. The van der Waals surface area contributed by atoms with Crippen LogP contribution in [0.4, 0.5) is 0 Å². The van der Waals surface area contributed by atoms with Gasteiger partial charge in [0.15, 0.2) is 5.82 Å². The predicted octanol–water partition coefficient (Wildman–Crippen LogP) is 7.33. The normalized spacial score (nSPS) is 20.8. The first kappa shape index (κ1) is 42.2. The molecule has 2 aliphatic carbocycles. The van der Waals surface area contributed by atoms with E-state index in [-0.39, 0.29) is 43.3 Å². The maximum absolute atomic E-state index is 13.5. The minimum atomic E-state index is -0.910. The van der Waals surface area contributed by atoms with Crippen LogP contribution < -0.4 is 5.32 Å². The molecule has 2 atom stereocenters. The van der Waals surface area contributed by atoms with Crippen molar-refractivity contribution in [2.75, 3.05) is 40.3 Å².